The van der Waals surface area contributed by atoms with Gasteiger partial charge in [0.15, 0.2) is 0 Å². The molecule has 0 aromatic heterocycles. The van der Waals surface area contributed by atoms with Gasteiger partial charge in [0, 0.05) is 29.9 Å². The van der Waals surface area contributed by atoms with Gasteiger partial charge in [0.1, 0.15) is 25.0 Å². The molecule has 176 valence electrons. The molecule has 0 aliphatic carbocycles. The second kappa shape index (κ2) is 9.30. The fourth-order valence-corrected chi connectivity index (χ4v) is 4.20. The van der Waals surface area contributed by atoms with Crippen molar-refractivity contribution in [3.63, 3.8) is 0 Å². The van der Waals surface area contributed by atoms with Crippen LogP contribution in [0.5, 0.6) is 5.75 Å². The van der Waals surface area contributed by atoms with Crippen molar-refractivity contribution in [3.8, 4) is 5.75 Å². The smallest absolute Gasteiger partial charge is 0.255 e. The molecule has 2 aromatic carbocycles. The number of allylic oxidation sites excluding steroid dienone is 1. The lowest BCUT2D eigenvalue weighted by Crippen LogP contribution is -2.49. The zero-order valence-electron chi connectivity index (χ0n) is 23.4. The second-order valence-electron chi connectivity index (χ2n) is 8.27. The second-order valence-corrected chi connectivity index (χ2v) is 8.27. The fourth-order valence-electron chi connectivity index (χ4n) is 4.20. The van der Waals surface area contributed by atoms with Crippen molar-refractivity contribution in [1.29, 1.82) is 0 Å². The number of carbonyl (C=O) groups is 3. The van der Waals surface area contributed by atoms with Crippen LogP contribution in [0.1, 0.15) is 46.7 Å². The number of benzene rings is 2. The number of hydrogen-bond acceptors (Lipinski definition) is 5. The van der Waals surface area contributed by atoms with E-state index in [-0.39, 0.29) is 67.1 Å². The molecule has 3 aliphatic rings. The Morgan fingerprint density at radius 3 is 2.88 bits per heavy atom. The van der Waals surface area contributed by atoms with E-state index in [9.17, 15) is 14.4 Å². The first-order valence-electron chi connectivity index (χ1n) is 13.6. The number of morpholine rings is 1. The van der Waals surface area contributed by atoms with Gasteiger partial charge in [-0.3, -0.25) is 14.4 Å². The number of hydrogen-bond donors (Lipinski definition) is 1. The molecule has 2 fully saturated rings. The van der Waals surface area contributed by atoms with Gasteiger partial charge < -0.3 is 24.6 Å². The van der Waals surface area contributed by atoms with Crippen molar-refractivity contribution in [2.24, 2.45) is 0 Å². The van der Waals surface area contributed by atoms with Crippen molar-refractivity contribution in [2.45, 2.75) is 38.5 Å². The van der Waals surface area contributed by atoms with Gasteiger partial charge in [-0.25, -0.2) is 0 Å². The van der Waals surface area contributed by atoms with Crippen LogP contribution in [0.25, 0.3) is 0 Å². The summed E-state index contributed by atoms with van der Waals surface area (Å²) >= 11 is 0. The maximum absolute atomic E-state index is 13.1. The van der Waals surface area contributed by atoms with Crippen molar-refractivity contribution < 1.29 is 30.7 Å². The number of ether oxygens (including phenoxy) is 2. The predicted octanol–water partition coefficient (Wildman–Crippen LogP) is 2.37. The molecule has 5 rings (SSSR count). The normalized spacial score (nSPS) is 24.4. The van der Waals surface area contributed by atoms with Gasteiger partial charge in [0.25, 0.3) is 5.91 Å². The number of nitrogens with zero attached hydrogens (tertiary/aromatic N) is 2. The molecular formula is C26H27N3O5. The molecule has 0 radical (unpaired) electrons. The first kappa shape index (κ1) is 16.9. The zero-order valence-corrected chi connectivity index (χ0v) is 18.4. The number of fused-ring (bicyclic) bond motifs is 1. The Bertz CT molecular complexity index is 1390. The Labute approximate surface area is 205 Å². The number of amides is 3. The quantitative estimate of drug-likeness (QED) is 0.706. The van der Waals surface area contributed by atoms with Crippen LogP contribution in [0.15, 0.2) is 54.7 Å². The van der Waals surface area contributed by atoms with Crippen LogP contribution in [-0.2, 0) is 34.0 Å². The third-order valence-corrected chi connectivity index (χ3v) is 6.00. The van der Waals surface area contributed by atoms with E-state index in [4.69, 9.17) is 16.3 Å². The molecule has 1 N–H and O–H groups in total. The fraction of sp³-hybridized carbons (Fsp3) is 0.346. The Morgan fingerprint density at radius 2 is 2.06 bits per heavy atom. The Kier molecular flexibility index (Phi) is 4.62. The highest BCUT2D eigenvalue weighted by Crippen LogP contribution is 2.34. The largest absolute Gasteiger partial charge is 0.489 e. The van der Waals surface area contributed by atoms with Gasteiger partial charge in [-0.1, -0.05) is 36.8 Å². The summed E-state index contributed by atoms with van der Waals surface area (Å²) in [5.41, 5.74) is 1.28. The highest BCUT2D eigenvalue weighted by atomic mass is 16.5. The van der Waals surface area contributed by atoms with Crippen LogP contribution in [-0.4, -0.2) is 53.3 Å². The van der Waals surface area contributed by atoms with E-state index in [0.29, 0.717) is 29.7 Å². The summed E-state index contributed by atoms with van der Waals surface area (Å²) in [6.45, 7) is 1.24. The summed E-state index contributed by atoms with van der Waals surface area (Å²) in [5.74, 6) is -0.846. The molecule has 2 aromatic rings. The van der Waals surface area contributed by atoms with Gasteiger partial charge >= 0.3 is 0 Å². The molecule has 0 saturated carbocycles. The van der Waals surface area contributed by atoms with E-state index in [0.717, 1.165) is 0 Å². The van der Waals surface area contributed by atoms with E-state index in [1.54, 1.807) is 18.2 Å². The summed E-state index contributed by atoms with van der Waals surface area (Å²) in [6, 6.07) is 4.26. The van der Waals surface area contributed by atoms with Gasteiger partial charge in [-0.05, 0) is 36.1 Å². The molecule has 8 heteroatoms. The maximum Gasteiger partial charge on any atom is 0.255 e. The van der Waals surface area contributed by atoms with Crippen LogP contribution in [0.2, 0.25) is 0 Å². The van der Waals surface area contributed by atoms with E-state index >= 15 is 0 Å². The Hall–Kier alpha value is -3.65. The summed E-state index contributed by atoms with van der Waals surface area (Å²) in [6.07, 6.45) is 0.995. The minimum atomic E-state index is -1.57. The molecule has 34 heavy (non-hydrogen) atoms. The standard InChI is InChI=1S/C26H27N3O5/c1-17-5-10-22(25(31)27-17)29-14-21-20(26(29)32)3-2-4-23(21)34-15-19-8-6-18(7-9-19)13-28-11-12-33-16-24(28)30/h2-4,6-9,22H,1,5,10-16H2,(H,27,31)/i6D,8D,9D,13D,15D. The molecule has 8 nitrogen and oxygen atoms in total. The number of carbonyl (C=O) groups excluding carboxylic acids is 3. The topological polar surface area (TPSA) is 88.2 Å². The van der Waals surface area contributed by atoms with Crippen LogP contribution < -0.4 is 10.1 Å². The predicted molar refractivity (Wildman–Crippen MR) is 124 cm³/mol. The van der Waals surface area contributed by atoms with Crippen molar-refractivity contribution in [3.05, 3.63) is 76.9 Å². The molecule has 3 amide bonds. The molecule has 0 spiro atoms. The molecular weight excluding hydrogens is 434 g/mol. The van der Waals surface area contributed by atoms with E-state index < -0.39 is 31.1 Å². The van der Waals surface area contributed by atoms with Crippen molar-refractivity contribution in [2.75, 3.05) is 19.8 Å². The van der Waals surface area contributed by atoms with Crippen molar-refractivity contribution >= 4 is 17.7 Å². The van der Waals surface area contributed by atoms with E-state index in [2.05, 4.69) is 11.9 Å². The van der Waals surface area contributed by atoms with Crippen molar-refractivity contribution in [1.82, 2.24) is 15.1 Å². The average Bonchev–Trinajstić information content (AvgIpc) is 3.23. The van der Waals surface area contributed by atoms with E-state index in [1.165, 1.54) is 15.9 Å². The molecule has 2 saturated heterocycles. The Balaban J connectivity index is 1.39. The monoisotopic (exact) mass is 466 g/mol. The lowest BCUT2D eigenvalue weighted by atomic mass is 10.0. The molecule has 3 aliphatic heterocycles. The number of rotatable bonds is 6. The minimum Gasteiger partial charge on any atom is -0.489 e. The lowest BCUT2D eigenvalue weighted by molar-refractivity contribution is -0.143. The SMILES string of the molecule is [2H]c1cc(C([2H])N2CCOCC2=O)c([2H])c([2H])c1C([2H])Oc1cccc2c1CN(C1CCC(=C)NC1=O)C2=O. The van der Waals surface area contributed by atoms with Gasteiger partial charge in [0.05, 0.1) is 20.0 Å². The van der Waals surface area contributed by atoms with Crippen LogP contribution in [0.3, 0.4) is 0 Å². The first-order valence-corrected chi connectivity index (χ1v) is 11.0. The minimum absolute atomic E-state index is 0.00600. The van der Waals surface area contributed by atoms with Gasteiger partial charge in [-0.2, -0.15) is 0 Å². The number of piperidine rings is 1. The van der Waals surface area contributed by atoms with Crippen LogP contribution in [0.4, 0.5) is 0 Å². The molecule has 3 atom stereocenters. The van der Waals surface area contributed by atoms with Crippen LogP contribution in [0, 0.1) is 0 Å². The summed E-state index contributed by atoms with van der Waals surface area (Å²) in [4.78, 5) is 40.5. The lowest BCUT2D eigenvalue weighted by Gasteiger charge is -2.31. The molecule has 3 unspecified atom stereocenters. The highest BCUT2D eigenvalue weighted by molar-refractivity contribution is 6.02. The molecule has 3 heterocycles. The first-order chi connectivity index (χ1) is 18.6. The van der Waals surface area contributed by atoms with Gasteiger partial charge in [-0.15, -0.1) is 0 Å². The van der Waals surface area contributed by atoms with Crippen LogP contribution >= 0.6 is 0 Å². The third-order valence-electron chi connectivity index (χ3n) is 6.00. The Morgan fingerprint density at radius 1 is 1.21 bits per heavy atom. The molecule has 0 bridgehead atoms. The average molecular weight is 467 g/mol. The number of nitrogens with one attached hydrogen (secondary N) is 1. The summed E-state index contributed by atoms with van der Waals surface area (Å²) < 4.78 is 53.4. The summed E-state index contributed by atoms with van der Waals surface area (Å²) in [5, 5.41) is 2.69. The highest BCUT2D eigenvalue weighted by Gasteiger charge is 2.39. The third kappa shape index (κ3) is 4.41. The van der Waals surface area contributed by atoms with Gasteiger partial charge in [0.2, 0.25) is 11.8 Å². The zero-order chi connectivity index (χ0) is 28.0. The van der Waals surface area contributed by atoms with E-state index in [1.807, 2.05) is 0 Å². The maximum atomic E-state index is 13.1. The summed E-state index contributed by atoms with van der Waals surface area (Å²) in [7, 11) is 0.